The van der Waals surface area contributed by atoms with Crippen LogP contribution >= 0.6 is 0 Å². The van der Waals surface area contributed by atoms with E-state index < -0.39 is 8.80 Å². The molecular weight excluding hydrogens is 192 g/mol. The Balaban J connectivity index is 3.95. The average molecular weight is 216 g/mol. The summed E-state index contributed by atoms with van der Waals surface area (Å²) in [6.45, 7) is 9.04. The van der Waals surface area contributed by atoms with Crippen LogP contribution in [0.3, 0.4) is 0 Å². The third-order valence-electron chi connectivity index (χ3n) is 2.51. The Kier molecular flexibility index (Phi) is 7.85. The number of unbranched alkanes of at least 4 members (excludes halogenated alkanes) is 2. The lowest BCUT2D eigenvalue weighted by Gasteiger charge is -2.17. The molecule has 0 heterocycles. The van der Waals surface area contributed by atoms with Gasteiger partial charge < -0.3 is 4.74 Å². The van der Waals surface area contributed by atoms with Crippen LogP contribution in [0.4, 0.5) is 0 Å². The van der Waals surface area contributed by atoms with Crippen molar-refractivity contribution in [2.75, 3.05) is 6.61 Å². The van der Waals surface area contributed by atoms with Crippen LogP contribution in [-0.4, -0.2) is 21.4 Å². The third kappa shape index (κ3) is 5.42. The Morgan fingerprint density at radius 1 is 1.29 bits per heavy atom. The maximum Gasteiger partial charge on any atom is 0.305 e. The normalized spacial score (nSPS) is 12.9. The zero-order chi connectivity index (χ0) is 11.0. The molecule has 0 aliphatic rings. The van der Waals surface area contributed by atoms with Gasteiger partial charge in [-0.05, 0) is 13.3 Å². The molecule has 0 fully saturated rings. The highest BCUT2D eigenvalue weighted by Crippen LogP contribution is 2.21. The molecule has 84 valence electrons. The highest BCUT2D eigenvalue weighted by atomic mass is 28.3. The Labute approximate surface area is 89.6 Å². The summed E-state index contributed by atoms with van der Waals surface area (Å²) < 4.78 is 5.09. The monoisotopic (exact) mass is 216 g/mol. The van der Waals surface area contributed by atoms with Crippen LogP contribution < -0.4 is 0 Å². The van der Waals surface area contributed by atoms with Gasteiger partial charge in [0.25, 0.3) is 0 Å². The molecule has 0 bridgehead atoms. The third-order valence-corrected chi connectivity index (χ3v) is 4.73. The quantitative estimate of drug-likeness (QED) is 0.371. The SMILES string of the molecule is CCCCCC(C(=O)OCC)[SiH](C)C. The van der Waals surface area contributed by atoms with Crippen molar-refractivity contribution in [3.8, 4) is 0 Å². The molecule has 0 spiro atoms. The van der Waals surface area contributed by atoms with Crippen molar-refractivity contribution in [3.05, 3.63) is 0 Å². The van der Waals surface area contributed by atoms with E-state index in [0.717, 1.165) is 6.42 Å². The number of rotatable bonds is 7. The summed E-state index contributed by atoms with van der Waals surface area (Å²) in [4.78, 5) is 11.6. The van der Waals surface area contributed by atoms with E-state index in [2.05, 4.69) is 20.0 Å². The van der Waals surface area contributed by atoms with E-state index in [1.807, 2.05) is 6.92 Å². The van der Waals surface area contributed by atoms with Crippen LogP contribution in [0.25, 0.3) is 0 Å². The molecule has 0 saturated carbocycles. The van der Waals surface area contributed by atoms with Crippen molar-refractivity contribution in [2.24, 2.45) is 0 Å². The number of hydrogen-bond donors (Lipinski definition) is 0. The Hall–Kier alpha value is -0.313. The first kappa shape index (κ1) is 13.7. The maximum absolute atomic E-state index is 11.6. The van der Waals surface area contributed by atoms with Gasteiger partial charge in [0.15, 0.2) is 0 Å². The number of ether oxygens (including phenoxy) is 1. The minimum Gasteiger partial charge on any atom is -0.466 e. The summed E-state index contributed by atoms with van der Waals surface area (Å²) >= 11 is 0. The van der Waals surface area contributed by atoms with E-state index in [1.165, 1.54) is 19.3 Å². The summed E-state index contributed by atoms with van der Waals surface area (Å²) in [5.41, 5.74) is 0.237. The van der Waals surface area contributed by atoms with Gasteiger partial charge in [0.2, 0.25) is 0 Å². The maximum atomic E-state index is 11.6. The van der Waals surface area contributed by atoms with Crippen LogP contribution in [0.5, 0.6) is 0 Å². The summed E-state index contributed by atoms with van der Waals surface area (Å²) in [6, 6.07) is 0. The Morgan fingerprint density at radius 2 is 1.93 bits per heavy atom. The van der Waals surface area contributed by atoms with Gasteiger partial charge in [-0.25, -0.2) is 0 Å². The fourth-order valence-electron chi connectivity index (χ4n) is 1.59. The largest absolute Gasteiger partial charge is 0.466 e. The average Bonchev–Trinajstić information content (AvgIpc) is 2.12. The van der Waals surface area contributed by atoms with Gasteiger partial charge in [0.05, 0.1) is 6.61 Å². The molecule has 1 atom stereocenters. The molecule has 0 amide bonds. The van der Waals surface area contributed by atoms with Crippen molar-refractivity contribution in [1.29, 1.82) is 0 Å². The molecule has 0 aromatic heterocycles. The van der Waals surface area contributed by atoms with E-state index in [1.54, 1.807) is 0 Å². The second-order valence-electron chi connectivity index (χ2n) is 4.10. The minimum absolute atomic E-state index is 0.0465. The second kappa shape index (κ2) is 8.03. The lowest BCUT2D eigenvalue weighted by atomic mass is 10.1. The molecule has 0 rings (SSSR count). The molecule has 0 radical (unpaired) electrons. The summed E-state index contributed by atoms with van der Waals surface area (Å²) in [6.07, 6.45) is 4.66. The van der Waals surface area contributed by atoms with Gasteiger partial charge >= 0.3 is 5.97 Å². The molecule has 0 aliphatic carbocycles. The molecule has 0 aromatic carbocycles. The van der Waals surface area contributed by atoms with Gasteiger partial charge in [-0.1, -0.05) is 39.3 Å². The minimum atomic E-state index is -0.892. The standard InChI is InChI=1S/C11H24O2Si/c1-5-7-8-9-10(14(3)4)11(12)13-6-2/h10,14H,5-9H2,1-4H3. The smallest absolute Gasteiger partial charge is 0.305 e. The van der Waals surface area contributed by atoms with Gasteiger partial charge in [0.1, 0.15) is 0 Å². The molecule has 1 unspecified atom stereocenters. The zero-order valence-electron chi connectivity index (χ0n) is 10.0. The summed E-state index contributed by atoms with van der Waals surface area (Å²) in [5, 5.41) is 0. The van der Waals surface area contributed by atoms with Gasteiger partial charge in [-0.15, -0.1) is 0 Å². The van der Waals surface area contributed by atoms with E-state index in [4.69, 9.17) is 4.74 Å². The second-order valence-corrected chi connectivity index (χ2v) is 7.39. The highest BCUT2D eigenvalue weighted by molar-refractivity contribution is 6.61. The van der Waals surface area contributed by atoms with E-state index in [9.17, 15) is 4.79 Å². The van der Waals surface area contributed by atoms with Gasteiger partial charge in [-0.2, -0.15) is 0 Å². The summed E-state index contributed by atoms with van der Waals surface area (Å²) in [7, 11) is -0.892. The predicted octanol–water partition coefficient (Wildman–Crippen LogP) is 2.99. The van der Waals surface area contributed by atoms with E-state index >= 15 is 0 Å². The molecule has 14 heavy (non-hydrogen) atoms. The summed E-state index contributed by atoms with van der Waals surface area (Å²) in [5.74, 6) is 0.0465. The number of hydrogen-bond acceptors (Lipinski definition) is 2. The van der Waals surface area contributed by atoms with Crippen LogP contribution in [-0.2, 0) is 9.53 Å². The number of carbonyl (C=O) groups is 1. The first-order chi connectivity index (χ1) is 6.63. The lowest BCUT2D eigenvalue weighted by Crippen LogP contribution is -2.23. The molecule has 0 saturated heterocycles. The fourth-order valence-corrected chi connectivity index (χ4v) is 3.13. The van der Waals surface area contributed by atoms with Gasteiger partial charge in [0, 0.05) is 14.3 Å². The van der Waals surface area contributed by atoms with Crippen LogP contribution in [0.1, 0.15) is 39.5 Å². The molecule has 3 heteroatoms. The molecule has 0 aromatic rings. The van der Waals surface area contributed by atoms with Crippen LogP contribution in [0.2, 0.25) is 18.6 Å². The first-order valence-electron chi connectivity index (χ1n) is 5.80. The van der Waals surface area contributed by atoms with Crippen LogP contribution in [0, 0.1) is 0 Å². The molecule has 2 nitrogen and oxygen atoms in total. The Morgan fingerprint density at radius 3 is 2.36 bits per heavy atom. The molecular formula is C11H24O2Si. The fraction of sp³-hybridized carbons (Fsp3) is 0.909. The van der Waals surface area contributed by atoms with E-state index in [0.29, 0.717) is 6.61 Å². The van der Waals surface area contributed by atoms with Crippen molar-refractivity contribution in [2.45, 2.75) is 58.2 Å². The van der Waals surface area contributed by atoms with Crippen molar-refractivity contribution in [3.63, 3.8) is 0 Å². The molecule has 0 aliphatic heterocycles. The highest BCUT2D eigenvalue weighted by Gasteiger charge is 2.23. The lowest BCUT2D eigenvalue weighted by molar-refractivity contribution is -0.143. The molecule has 0 N–H and O–H groups in total. The van der Waals surface area contributed by atoms with Crippen molar-refractivity contribution < 1.29 is 9.53 Å². The first-order valence-corrected chi connectivity index (χ1v) is 8.77. The van der Waals surface area contributed by atoms with Crippen molar-refractivity contribution in [1.82, 2.24) is 0 Å². The predicted molar refractivity (Wildman–Crippen MR) is 63.4 cm³/mol. The Bertz CT molecular complexity index is 157. The zero-order valence-corrected chi connectivity index (χ0v) is 11.2. The number of carbonyl (C=O) groups excluding carboxylic acids is 1. The van der Waals surface area contributed by atoms with Gasteiger partial charge in [-0.3, -0.25) is 4.79 Å². The van der Waals surface area contributed by atoms with Crippen molar-refractivity contribution >= 4 is 14.8 Å². The topological polar surface area (TPSA) is 26.3 Å². The van der Waals surface area contributed by atoms with Crippen LogP contribution in [0.15, 0.2) is 0 Å². The van der Waals surface area contributed by atoms with E-state index in [-0.39, 0.29) is 11.5 Å². The number of esters is 1.